The van der Waals surface area contributed by atoms with Crippen LogP contribution >= 0.6 is 22.7 Å². The number of carbonyl (C=O) groups excluding carboxylic acids is 2. The molecule has 2 heterocycles. The van der Waals surface area contributed by atoms with E-state index >= 15 is 0 Å². The molecule has 0 aliphatic rings. The van der Waals surface area contributed by atoms with Crippen LogP contribution in [0.25, 0.3) is 10.6 Å². The number of aryl methyl sites for hydroxylation is 1. The molecular weight excluding hydrogens is 356 g/mol. The largest absolute Gasteiger partial charge is 0.351 e. The first-order chi connectivity index (χ1) is 12.1. The maximum atomic E-state index is 12.0. The maximum absolute atomic E-state index is 12.0. The van der Waals surface area contributed by atoms with Crippen molar-refractivity contribution in [3.63, 3.8) is 0 Å². The summed E-state index contributed by atoms with van der Waals surface area (Å²) in [5, 5.41) is 16.6. The summed E-state index contributed by atoms with van der Waals surface area (Å²) in [5.41, 5.74) is 2.11. The molecule has 0 bridgehead atoms. The van der Waals surface area contributed by atoms with Gasteiger partial charge >= 0.3 is 0 Å². The topological polar surface area (TPSA) is 84.0 Å². The number of amides is 2. The van der Waals surface area contributed by atoms with Crippen LogP contribution in [0.2, 0.25) is 0 Å². The minimum Gasteiger partial charge on any atom is -0.351 e. The number of hydrogen-bond acceptors (Lipinski definition) is 6. The third-order valence-corrected chi connectivity index (χ3v) is 5.08. The fraction of sp³-hybridized carbons (Fsp3) is 0.176. The van der Waals surface area contributed by atoms with Crippen LogP contribution in [-0.4, -0.2) is 28.6 Å². The number of nitrogens with zero attached hydrogens (tertiary/aromatic N) is 2. The Morgan fingerprint density at radius 2 is 2.04 bits per heavy atom. The van der Waals surface area contributed by atoms with Gasteiger partial charge in [-0.3, -0.25) is 9.59 Å². The van der Waals surface area contributed by atoms with Crippen LogP contribution in [-0.2, 0) is 4.79 Å². The Morgan fingerprint density at radius 3 is 2.80 bits per heavy atom. The molecule has 2 amide bonds. The molecule has 128 valence electrons. The van der Waals surface area contributed by atoms with Gasteiger partial charge in [-0.15, -0.1) is 21.5 Å². The number of thiophene rings is 1. The fourth-order valence-corrected chi connectivity index (χ4v) is 3.53. The van der Waals surface area contributed by atoms with E-state index in [0.29, 0.717) is 10.0 Å². The Hall–Kier alpha value is -2.58. The number of benzene rings is 1. The van der Waals surface area contributed by atoms with Crippen molar-refractivity contribution in [3.8, 4) is 10.6 Å². The van der Waals surface area contributed by atoms with Crippen LogP contribution in [0.4, 0.5) is 5.13 Å². The lowest BCUT2D eigenvalue weighted by atomic mass is 10.1. The fourth-order valence-electron chi connectivity index (χ4n) is 2.13. The molecule has 0 saturated carbocycles. The molecule has 25 heavy (non-hydrogen) atoms. The normalized spacial score (nSPS) is 10.4. The molecule has 0 saturated heterocycles. The van der Waals surface area contributed by atoms with Crippen LogP contribution in [0.3, 0.4) is 0 Å². The van der Waals surface area contributed by atoms with Crippen molar-refractivity contribution < 1.29 is 9.59 Å². The van der Waals surface area contributed by atoms with Gasteiger partial charge in [0.15, 0.2) is 0 Å². The highest BCUT2D eigenvalue weighted by Gasteiger charge is 2.11. The van der Waals surface area contributed by atoms with Gasteiger partial charge in [-0.05, 0) is 24.4 Å². The predicted molar refractivity (Wildman–Crippen MR) is 100.0 cm³/mol. The Labute approximate surface area is 152 Å². The number of carbonyl (C=O) groups is 2. The minimum atomic E-state index is -0.210. The van der Waals surface area contributed by atoms with Gasteiger partial charge in [0.25, 0.3) is 5.91 Å². The van der Waals surface area contributed by atoms with Crippen LogP contribution in [0.15, 0.2) is 41.8 Å². The lowest BCUT2D eigenvalue weighted by Crippen LogP contribution is -2.27. The van der Waals surface area contributed by atoms with Crippen LogP contribution < -0.4 is 10.6 Å². The highest BCUT2D eigenvalue weighted by Crippen LogP contribution is 2.26. The van der Waals surface area contributed by atoms with Crippen molar-refractivity contribution in [1.29, 1.82) is 0 Å². The summed E-state index contributed by atoms with van der Waals surface area (Å²) >= 11 is 2.69. The Balaban J connectivity index is 1.49. The molecule has 3 aromatic rings. The van der Waals surface area contributed by atoms with Gasteiger partial charge in [-0.1, -0.05) is 41.2 Å². The number of aromatic nitrogens is 2. The molecule has 1 aromatic carbocycles. The van der Waals surface area contributed by atoms with E-state index in [0.717, 1.165) is 16.1 Å². The van der Waals surface area contributed by atoms with E-state index < -0.39 is 0 Å². The molecule has 0 radical (unpaired) electrons. The lowest BCUT2D eigenvalue weighted by molar-refractivity contribution is -0.116. The van der Waals surface area contributed by atoms with Crippen molar-refractivity contribution in [2.24, 2.45) is 0 Å². The van der Waals surface area contributed by atoms with E-state index in [4.69, 9.17) is 0 Å². The molecule has 0 spiro atoms. The first kappa shape index (κ1) is 17.2. The van der Waals surface area contributed by atoms with Gasteiger partial charge in [0.1, 0.15) is 5.01 Å². The van der Waals surface area contributed by atoms with Crippen LogP contribution in [0.1, 0.15) is 21.7 Å². The highest BCUT2D eigenvalue weighted by molar-refractivity contribution is 7.18. The third-order valence-electron chi connectivity index (χ3n) is 3.32. The summed E-state index contributed by atoms with van der Waals surface area (Å²) in [6, 6.07) is 11.5. The number of anilines is 1. The van der Waals surface area contributed by atoms with Crippen LogP contribution in [0.5, 0.6) is 0 Å². The summed E-state index contributed by atoms with van der Waals surface area (Å²) < 4.78 is 0. The van der Waals surface area contributed by atoms with Gasteiger partial charge in [0.2, 0.25) is 11.0 Å². The zero-order chi connectivity index (χ0) is 17.6. The molecule has 0 aliphatic carbocycles. The third kappa shape index (κ3) is 4.71. The number of nitrogens with one attached hydrogen (secondary N) is 2. The predicted octanol–water partition coefficient (Wildman–Crippen LogP) is 3.33. The molecule has 0 fully saturated rings. The Bertz CT molecular complexity index is 874. The van der Waals surface area contributed by atoms with Gasteiger partial charge in [0, 0.05) is 18.5 Å². The van der Waals surface area contributed by atoms with Gasteiger partial charge in [-0.2, -0.15) is 0 Å². The molecule has 0 unspecified atom stereocenters. The zero-order valence-electron chi connectivity index (χ0n) is 13.5. The Morgan fingerprint density at radius 1 is 1.16 bits per heavy atom. The van der Waals surface area contributed by atoms with E-state index in [1.54, 1.807) is 6.07 Å². The molecule has 2 N–H and O–H groups in total. The number of rotatable bonds is 6. The van der Waals surface area contributed by atoms with Crippen molar-refractivity contribution in [2.75, 3.05) is 11.9 Å². The smallest absolute Gasteiger partial charge is 0.261 e. The van der Waals surface area contributed by atoms with Gasteiger partial charge in [0.05, 0.1) is 4.88 Å². The van der Waals surface area contributed by atoms with Crippen LogP contribution in [0, 0.1) is 6.92 Å². The minimum absolute atomic E-state index is 0.166. The Kier molecular flexibility index (Phi) is 5.52. The van der Waals surface area contributed by atoms with E-state index in [2.05, 4.69) is 20.8 Å². The van der Waals surface area contributed by atoms with Crippen molar-refractivity contribution in [3.05, 3.63) is 52.2 Å². The zero-order valence-corrected chi connectivity index (χ0v) is 15.1. The molecular formula is C17H16N4O2S2. The SMILES string of the molecule is Cc1cccc(-c2nnc(NC(=O)CCNC(=O)c3cccs3)s2)c1. The van der Waals surface area contributed by atoms with E-state index in [9.17, 15) is 9.59 Å². The summed E-state index contributed by atoms with van der Waals surface area (Å²) in [6.45, 7) is 2.28. The summed E-state index contributed by atoms with van der Waals surface area (Å²) in [6.07, 6.45) is 0.177. The van der Waals surface area contributed by atoms with E-state index in [1.807, 2.05) is 42.6 Å². The highest BCUT2D eigenvalue weighted by atomic mass is 32.1. The average molecular weight is 372 g/mol. The monoisotopic (exact) mass is 372 g/mol. The maximum Gasteiger partial charge on any atom is 0.261 e. The average Bonchev–Trinajstić information content (AvgIpc) is 3.26. The summed E-state index contributed by atoms with van der Waals surface area (Å²) in [5.74, 6) is -0.376. The summed E-state index contributed by atoms with van der Waals surface area (Å²) in [4.78, 5) is 24.4. The van der Waals surface area contributed by atoms with E-state index in [-0.39, 0.29) is 24.8 Å². The quantitative estimate of drug-likeness (QED) is 0.695. The lowest BCUT2D eigenvalue weighted by Gasteiger charge is -2.03. The standard InChI is InChI=1S/C17H16N4O2S2/c1-11-4-2-5-12(10-11)16-20-21-17(25-16)19-14(22)7-8-18-15(23)13-6-3-9-24-13/h2-6,9-10H,7-8H2,1H3,(H,18,23)(H,19,21,22). The second-order valence-electron chi connectivity index (χ2n) is 5.31. The van der Waals surface area contributed by atoms with Crippen molar-refractivity contribution in [1.82, 2.24) is 15.5 Å². The second-order valence-corrected chi connectivity index (χ2v) is 7.24. The molecule has 3 rings (SSSR count). The molecule has 8 heteroatoms. The van der Waals surface area contributed by atoms with Gasteiger partial charge < -0.3 is 10.6 Å². The van der Waals surface area contributed by atoms with Gasteiger partial charge in [-0.25, -0.2) is 0 Å². The molecule has 6 nitrogen and oxygen atoms in total. The van der Waals surface area contributed by atoms with E-state index in [1.165, 1.54) is 22.7 Å². The first-order valence-corrected chi connectivity index (χ1v) is 9.33. The van der Waals surface area contributed by atoms with Crippen molar-refractivity contribution >= 4 is 39.6 Å². The molecule has 0 aliphatic heterocycles. The molecule has 0 atom stereocenters. The second kappa shape index (κ2) is 8.00. The summed E-state index contributed by atoms with van der Waals surface area (Å²) in [7, 11) is 0. The van der Waals surface area contributed by atoms with Crippen molar-refractivity contribution in [2.45, 2.75) is 13.3 Å². The number of hydrogen-bond donors (Lipinski definition) is 2. The molecule has 2 aromatic heterocycles. The first-order valence-electron chi connectivity index (χ1n) is 7.64.